The highest BCUT2D eigenvalue weighted by Gasteiger charge is 2.28. The van der Waals surface area contributed by atoms with Gasteiger partial charge in [0.1, 0.15) is 12.3 Å². The Kier molecular flexibility index (Phi) is 8.71. The van der Waals surface area contributed by atoms with Crippen LogP contribution in [0.1, 0.15) is 29.8 Å². The molecule has 0 unspecified atom stereocenters. The number of ether oxygens (including phenoxy) is 1. The largest absolute Gasteiger partial charge is 0.497 e. The van der Waals surface area contributed by atoms with Crippen LogP contribution in [0.2, 0.25) is 0 Å². The highest BCUT2D eigenvalue weighted by molar-refractivity contribution is 7.92. The van der Waals surface area contributed by atoms with Gasteiger partial charge in [0.25, 0.3) is 15.9 Å². The number of rotatable bonds is 10. The van der Waals surface area contributed by atoms with Crippen molar-refractivity contribution in [3.8, 4) is 5.75 Å². The van der Waals surface area contributed by atoms with Crippen molar-refractivity contribution in [2.75, 3.05) is 29.8 Å². The summed E-state index contributed by atoms with van der Waals surface area (Å²) in [5, 5.41) is 5.54. The van der Waals surface area contributed by atoms with E-state index in [9.17, 15) is 18.0 Å². The number of carbonyl (C=O) groups is 2. The van der Waals surface area contributed by atoms with Gasteiger partial charge in [-0.2, -0.15) is 0 Å². The maximum absolute atomic E-state index is 13.6. The third-order valence-corrected chi connectivity index (χ3v) is 7.16. The Labute approximate surface area is 212 Å². The first-order chi connectivity index (χ1) is 17.1. The molecule has 36 heavy (non-hydrogen) atoms. The van der Waals surface area contributed by atoms with Crippen LogP contribution in [0.25, 0.3) is 0 Å². The van der Waals surface area contributed by atoms with E-state index in [0.717, 1.165) is 9.87 Å². The minimum absolute atomic E-state index is 0.0186. The monoisotopic (exact) mass is 509 g/mol. The van der Waals surface area contributed by atoms with Gasteiger partial charge in [0.05, 0.1) is 28.9 Å². The molecule has 0 aromatic heterocycles. The Morgan fingerprint density at radius 3 is 2.19 bits per heavy atom. The number of benzene rings is 3. The van der Waals surface area contributed by atoms with Crippen molar-refractivity contribution in [1.82, 2.24) is 5.32 Å². The Morgan fingerprint density at radius 2 is 1.58 bits per heavy atom. The lowest BCUT2D eigenvalue weighted by atomic mass is 10.1. The molecular formula is C27H31N3O5S. The van der Waals surface area contributed by atoms with E-state index in [0.29, 0.717) is 29.2 Å². The number of methoxy groups -OCH3 is 1. The Bertz CT molecular complexity index is 1300. The third kappa shape index (κ3) is 6.63. The van der Waals surface area contributed by atoms with E-state index in [1.807, 2.05) is 20.8 Å². The van der Waals surface area contributed by atoms with Gasteiger partial charge >= 0.3 is 0 Å². The van der Waals surface area contributed by atoms with E-state index in [4.69, 9.17) is 4.74 Å². The number of hydrogen-bond acceptors (Lipinski definition) is 5. The summed E-state index contributed by atoms with van der Waals surface area (Å²) in [7, 11) is -2.59. The molecule has 0 spiro atoms. The maximum atomic E-state index is 13.6. The Balaban J connectivity index is 1.89. The molecule has 8 nitrogen and oxygen atoms in total. The molecule has 3 aromatic carbocycles. The molecule has 0 bridgehead atoms. The number of hydrogen-bond donors (Lipinski definition) is 2. The van der Waals surface area contributed by atoms with E-state index < -0.39 is 22.5 Å². The zero-order valence-corrected chi connectivity index (χ0v) is 21.6. The molecule has 0 radical (unpaired) electrons. The summed E-state index contributed by atoms with van der Waals surface area (Å²) >= 11 is 0. The van der Waals surface area contributed by atoms with Gasteiger partial charge in [-0.3, -0.25) is 13.9 Å². The van der Waals surface area contributed by atoms with Crippen molar-refractivity contribution < 1.29 is 22.7 Å². The summed E-state index contributed by atoms with van der Waals surface area (Å²) < 4.78 is 33.3. The van der Waals surface area contributed by atoms with Crippen LogP contribution in [-0.2, 0) is 14.8 Å². The highest BCUT2D eigenvalue weighted by Crippen LogP contribution is 2.26. The van der Waals surface area contributed by atoms with E-state index in [2.05, 4.69) is 10.6 Å². The Hall–Kier alpha value is -3.85. The topological polar surface area (TPSA) is 105 Å². The van der Waals surface area contributed by atoms with Crippen LogP contribution in [0.3, 0.4) is 0 Å². The average molecular weight is 510 g/mol. The molecule has 0 aliphatic carbocycles. The van der Waals surface area contributed by atoms with Crippen molar-refractivity contribution in [1.29, 1.82) is 0 Å². The van der Waals surface area contributed by atoms with E-state index in [1.54, 1.807) is 60.7 Å². The van der Waals surface area contributed by atoms with Crippen LogP contribution in [0.15, 0.2) is 77.7 Å². The normalized spacial score (nSPS) is 11.1. The molecule has 3 aromatic rings. The van der Waals surface area contributed by atoms with E-state index in [-0.39, 0.29) is 16.7 Å². The van der Waals surface area contributed by atoms with Gasteiger partial charge in [0.2, 0.25) is 5.91 Å². The number of aryl methyl sites for hydroxylation is 1. The Morgan fingerprint density at radius 1 is 0.944 bits per heavy atom. The molecular weight excluding hydrogens is 478 g/mol. The van der Waals surface area contributed by atoms with Gasteiger partial charge in [-0.05, 0) is 61.4 Å². The summed E-state index contributed by atoms with van der Waals surface area (Å²) in [5.74, 6) is -0.125. The molecule has 9 heteroatoms. The van der Waals surface area contributed by atoms with Crippen molar-refractivity contribution in [3.63, 3.8) is 0 Å². The minimum atomic E-state index is -4.09. The van der Waals surface area contributed by atoms with Crippen molar-refractivity contribution in [3.05, 3.63) is 83.9 Å². The zero-order chi connectivity index (χ0) is 26.3. The molecule has 190 valence electrons. The van der Waals surface area contributed by atoms with Gasteiger partial charge in [-0.15, -0.1) is 0 Å². The standard InChI is InChI=1S/C27H31N3O5S/c1-19(2)17-28-27(32)24-7-5-6-8-25(24)29-26(31)18-30(21-11-9-20(3)10-12-21)36(33,34)23-15-13-22(35-4)14-16-23/h5-16,19H,17-18H2,1-4H3,(H,28,32)(H,29,31). The summed E-state index contributed by atoms with van der Waals surface area (Å²) in [6, 6.07) is 19.4. The fraction of sp³-hybridized carbons (Fsp3) is 0.259. The number of nitrogens with one attached hydrogen (secondary N) is 2. The molecule has 0 aliphatic rings. The van der Waals surface area contributed by atoms with E-state index in [1.165, 1.54) is 19.2 Å². The first kappa shape index (κ1) is 26.7. The van der Waals surface area contributed by atoms with Crippen LogP contribution in [0.5, 0.6) is 5.75 Å². The molecule has 0 atom stereocenters. The maximum Gasteiger partial charge on any atom is 0.264 e. The molecule has 0 saturated heterocycles. The smallest absolute Gasteiger partial charge is 0.264 e. The van der Waals surface area contributed by atoms with Crippen LogP contribution in [-0.4, -0.2) is 40.4 Å². The number of para-hydroxylation sites is 1. The zero-order valence-electron chi connectivity index (χ0n) is 20.8. The second-order valence-electron chi connectivity index (χ2n) is 8.72. The number of sulfonamides is 1. The lowest BCUT2D eigenvalue weighted by molar-refractivity contribution is -0.114. The molecule has 0 aliphatic heterocycles. The summed E-state index contributed by atoms with van der Waals surface area (Å²) in [6.45, 7) is 5.86. The molecule has 0 fully saturated rings. The van der Waals surface area contributed by atoms with Crippen molar-refractivity contribution >= 4 is 33.2 Å². The highest BCUT2D eigenvalue weighted by atomic mass is 32.2. The lowest BCUT2D eigenvalue weighted by Gasteiger charge is -2.24. The predicted octanol–water partition coefficient (Wildman–Crippen LogP) is 4.22. The van der Waals surface area contributed by atoms with Crippen LogP contribution >= 0.6 is 0 Å². The number of carbonyl (C=O) groups excluding carboxylic acids is 2. The molecule has 0 saturated carbocycles. The molecule has 3 rings (SSSR count). The first-order valence-electron chi connectivity index (χ1n) is 11.5. The van der Waals surface area contributed by atoms with Crippen LogP contribution < -0.4 is 19.7 Å². The van der Waals surface area contributed by atoms with Gasteiger partial charge in [0, 0.05) is 6.54 Å². The SMILES string of the molecule is COc1ccc(S(=O)(=O)N(CC(=O)Nc2ccccc2C(=O)NCC(C)C)c2ccc(C)cc2)cc1. The minimum Gasteiger partial charge on any atom is -0.497 e. The predicted molar refractivity (Wildman–Crippen MR) is 141 cm³/mol. The number of nitrogens with zero attached hydrogens (tertiary/aromatic N) is 1. The van der Waals surface area contributed by atoms with Crippen molar-refractivity contribution in [2.24, 2.45) is 5.92 Å². The molecule has 2 N–H and O–H groups in total. The number of anilines is 2. The van der Waals surface area contributed by atoms with Gasteiger partial charge < -0.3 is 15.4 Å². The van der Waals surface area contributed by atoms with Gasteiger partial charge in [0.15, 0.2) is 0 Å². The van der Waals surface area contributed by atoms with Gasteiger partial charge in [-0.1, -0.05) is 43.7 Å². The first-order valence-corrected chi connectivity index (χ1v) is 13.0. The number of amides is 2. The lowest BCUT2D eigenvalue weighted by Crippen LogP contribution is -2.38. The summed E-state index contributed by atoms with van der Waals surface area (Å²) in [4.78, 5) is 25.8. The quantitative estimate of drug-likeness (QED) is 0.426. The van der Waals surface area contributed by atoms with E-state index >= 15 is 0 Å². The van der Waals surface area contributed by atoms with Crippen LogP contribution in [0, 0.1) is 12.8 Å². The third-order valence-electron chi connectivity index (χ3n) is 5.37. The fourth-order valence-corrected chi connectivity index (χ4v) is 4.82. The van der Waals surface area contributed by atoms with Crippen LogP contribution in [0.4, 0.5) is 11.4 Å². The molecule has 2 amide bonds. The summed E-state index contributed by atoms with van der Waals surface area (Å²) in [6.07, 6.45) is 0. The molecule has 0 heterocycles. The average Bonchev–Trinajstić information content (AvgIpc) is 2.86. The summed E-state index contributed by atoms with van der Waals surface area (Å²) in [5.41, 5.74) is 1.89. The second kappa shape index (κ2) is 11.7. The second-order valence-corrected chi connectivity index (χ2v) is 10.6. The van der Waals surface area contributed by atoms with Crippen molar-refractivity contribution in [2.45, 2.75) is 25.7 Å². The van der Waals surface area contributed by atoms with Gasteiger partial charge in [-0.25, -0.2) is 8.42 Å². The fourth-order valence-electron chi connectivity index (χ4n) is 3.40.